The van der Waals surface area contributed by atoms with Crippen LogP contribution in [0.3, 0.4) is 0 Å². The average molecular weight is 224 g/mol. The molecule has 17 heavy (non-hydrogen) atoms. The third-order valence-corrected chi connectivity index (χ3v) is 3.00. The van der Waals surface area contributed by atoms with Gasteiger partial charge in [0.2, 0.25) is 0 Å². The summed E-state index contributed by atoms with van der Waals surface area (Å²) < 4.78 is 5.87. The van der Waals surface area contributed by atoms with Gasteiger partial charge in [0.25, 0.3) is 0 Å². The van der Waals surface area contributed by atoms with Crippen LogP contribution >= 0.6 is 0 Å². The summed E-state index contributed by atoms with van der Waals surface area (Å²) in [4.78, 5) is 12.0. The third-order valence-electron chi connectivity index (χ3n) is 3.00. The minimum atomic E-state index is -0.154. The maximum absolute atomic E-state index is 12.0. The van der Waals surface area contributed by atoms with Gasteiger partial charge in [-0.05, 0) is 17.7 Å². The number of Topliss-reactive ketones (excluding diaryl/α,β-unsaturated/α-hetero) is 1. The van der Waals surface area contributed by atoms with Crippen LogP contribution in [0.2, 0.25) is 0 Å². The van der Waals surface area contributed by atoms with E-state index in [-0.39, 0.29) is 11.9 Å². The Labute approximate surface area is 99.9 Å². The van der Waals surface area contributed by atoms with Crippen molar-refractivity contribution in [2.45, 2.75) is 12.5 Å². The number of ketones is 1. The first kappa shape index (κ1) is 10.1. The molecule has 0 aliphatic carbocycles. The zero-order valence-electron chi connectivity index (χ0n) is 9.30. The summed E-state index contributed by atoms with van der Waals surface area (Å²) in [5.41, 5.74) is 1.75. The number of hydrogen-bond donors (Lipinski definition) is 0. The lowest BCUT2D eigenvalue weighted by Gasteiger charge is -2.25. The molecule has 0 unspecified atom stereocenters. The van der Waals surface area contributed by atoms with Gasteiger partial charge in [0, 0.05) is 0 Å². The van der Waals surface area contributed by atoms with Gasteiger partial charge in [-0.25, -0.2) is 0 Å². The molecule has 0 N–H and O–H groups in total. The second kappa shape index (κ2) is 4.06. The van der Waals surface area contributed by atoms with Gasteiger partial charge in [0.15, 0.2) is 5.78 Å². The summed E-state index contributed by atoms with van der Waals surface area (Å²) in [6.45, 7) is 0. The van der Waals surface area contributed by atoms with Crippen molar-refractivity contribution in [3.63, 3.8) is 0 Å². The van der Waals surface area contributed by atoms with Gasteiger partial charge >= 0.3 is 0 Å². The lowest BCUT2D eigenvalue weighted by Crippen LogP contribution is -2.20. The van der Waals surface area contributed by atoms with E-state index in [2.05, 4.69) is 0 Å². The first-order valence-corrected chi connectivity index (χ1v) is 5.68. The van der Waals surface area contributed by atoms with E-state index in [1.165, 1.54) is 0 Å². The van der Waals surface area contributed by atoms with E-state index in [0.29, 0.717) is 17.7 Å². The van der Waals surface area contributed by atoms with Gasteiger partial charge in [0.05, 0.1) is 12.0 Å². The Morgan fingerprint density at radius 2 is 1.65 bits per heavy atom. The SMILES string of the molecule is O=C1C[C@@H](c2ccccc2)Oc2ccccc21. The minimum absolute atomic E-state index is 0.153. The molecule has 84 valence electrons. The fourth-order valence-corrected chi connectivity index (χ4v) is 2.13. The molecule has 0 bridgehead atoms. The van der Waals surface area contributed by atoms with Gasteiger partial charge in [-0.3, -0.25) is 4.79 Å². The first-order valence-electron chi connectivity index (χ1n) is 5.68. The highest BCUT2D eigenvalue weighted by Gasteiger charge is 2.26. The Hall–Kier alpha value is -2.09. The van der Waals surface area contributed by atoms with E-state index in [9.17, 15) is 4.79 Å². The molecule has 1 atom stereocenters. The van der Waals surface area contributed by atoms with Crippen LogP contribution < -0.4 is 4.74 Å². The highest BCUT2D eigenvalue weighted by atomic mass is 16.5. The molecule has 0 saturated heterocycles. The van der Waals surface area contributed by atoms with E-state index in [1.54, 1.807) is 0 Å². The van der Waals surface area contributed by atoms with Crippen molar-refractivity contribution >= 4 is 5.78 Å². The lowest BCUT2D eigenvalue weighted by molar-refractivity contribution is 0.0850. The van der Waals surface area contributed by atoms with Crippen molar-refractivity contribution in [2.75, 3.05) is 0 Å². The summed E-state index contributed by atoms with van der Waals surface area (Å²) in [5.74, 6) is 0.846. The molecule has 1 aliphatic rings. The quantitative estimate of drug-likeness (QED) is 0.742. The average Bonchev–Trinajstić information content (AvgIpc) is 2.40. The predicted octanol–water partition coefficient (Wildman–Crippen LogP) is 3.39. The number of benzene rings is 2. The van der Waals surface area contributed by atoms with Crippen LogP contribution in [0.25, 0.3) is 0 Å². The van der Waals surface area contributed by atoms with E-state index in [1.807, 2.05) is 54.6 Å². The van der Waals surface area contributed by atoms with E-state index in [4.69, 9.17) is 4.74 Å². The highest BCUT2D eigenvalue weighted by molar-refractivity contribution is 5.99. The Bertz CT molecular complexity index is 546. The van der Waals surface area contributed by atoms with Crippen molar-refractivity contribution in [1.82, 2.24) is 0 Å². The fourth-order valence-electron chi connectivity index (χ4n) is 2.13. The number of rotatable bonds is 1. The van der Waals surface area contributed by atoms with Crippen LogP contribution in [0.1, 0.15) is 28.4 Å². The van der Waals surface area contributed by atoms with Crippen molar-refractivity contribution in [3.05, 3.63) is 65.7 Å². The molecule has 0 aromatic heterocycles. The number of para-hydroxylation sites is 1. The lowest BCUT2D eigenvalue weighted by atomic mass is 9.96. The Kier molecular flexibility index (Phi) is 2.41. The molecule has 2 nitrogen and oxygen atoms in total. The number of fused-ring (bicyclic) bond motifs is 1. The van der Waals surface area contributed by atoms with Crippen LogP contribution in [0.15, 0.2) is 54.6 Å². The number of carbonyl (C=O) groups excluding carboxylic acids is 1. The predicted molar refractivity (Wildman–Crippen MR) is 65.2 cm³/mol. The van der Waals surface area contributed by atoms with Gasteiger partial charge in [-0.15, -0.1) is 0 Å². The number of ether oxygens (including phenoxy) is 1. The van der Waals surface area contributed by atoms with Crippen molar-refractivity contribution in [1.29, 1.82) is 0 Å². The molecule has 0 radical (unpaired) electrons. The second-order valence-electron chi connectivity index (χ2n) is 4.14. The fraction of sp³-hybridized carbons (Fsp3) is 0.133. The monoisotopic (exact) mass is 224 g/mol. The second-order valence-corrected chi connectivity index (χ2v) is 4.14. The Balaban J connectivity index is 1.97. The zero-order chi connectivity index (χ0) is 11.7. The molecule has 2 aromatic carbocycles. The van der Waals surface area contributed by atoms with Crippen molar-refractivity contribution in [2.24, 2.45) is 0 Å². The molecule has 2 aromatic rings. The molecular formula is C15H12O2. The van der Waals surface area contributed by atoms with Gasteiger partial charge in [-0.2, -0.15) is 0 Å². The first-order chi connectivity index (χ1) is 8.34. The van der Waals surface area contributed by atoms with Crippen LogP contribution in [-0.4, -0.2) is 5.78 Å². The Morgan fingerprint density at radius 3 is 2.47 bits per heavy atom. The van der Waals surface area contributed by atoms with Crippen LogP contribution in [0.4, 0.5) is 0 Å². The normalized spacial score (nSPS) is 18.4. The number of carbonyl (C=O) groups is 1. The summed E-state index contributed by atoms with van der Waals surface area (Å²) in [6, 6.07) is 17.3. The molecule has 0 amide bonds. The van der Waals surface area contributed by atoms with E-state index in [0.717, 1.165) is 5.56 Å². The largest absolute Gasteiger partial charge is 0.484 e. The molecular weight excluding hydrogens is 212 g/mol. The minimum Gasteiger partial charge on any atom is -0.484 e. The maximum atomic E-state index is 12.0. The van der Waals surface area contributed by atoms with Gasteiger partial charge in [-0.1, -0.05) is 42.5 Å². The smallest absolute Gasteiger partial charge is 0.170 e. The molecule has 1 aliphatic heterocycles. The topological polar surface area (TPSA) is 26.3 Å². The third kappa shape index (κ3) is 1.82. The molecule has 3 rings (SSSR count). The zero-order valence-corrected chi connectivity index (χ0v) is 9.30. The van der Waals surface area contributed by atoms with Gasteiger partial charge < -0.3 is 4.74 Å². The Morgan fingerprint density at radius 1 is 0.941 bits per heavy atom. The summed E-state index contributed by atoms with van der Waals surface area (Å²) >= 11 is 0. The van der Waals surface area contributed by atoms with Crippen molar-refractivity contribution in [3.8, 4) is 5.75 Å². The highest BCUT2D eigenvalue weighted by Crippen LogP contribution is 2.34. The van der Waals surface area contributed by atoms with E-state index < -0.39 is 0 Å². The van der Waals surface area contributed by atoms with Crippen LogP contribution in [0.5, 0.6) is 5.75 Å². The van der Waals surface area contributed by atoms with E-state index >= 15 is 0 Å². The summed E-state index contributed by atoms with van der Waals surface area (Å²) in [6.07, 6.45) is 0.264. The summed E-state index contributed by atoms with van der Waals surface area (Å²) in [5, 5.41) is 0. The summed E-state index contributed by atoms with van der Waals surface area (Å²) in [7, 11) is 0. The molecule has 0 spiro atoms. The van der Waals surface area contributed by atoms with Crippen LogP contribution in [0, 0.1) is 0 Å². The standard InChI is InChI=1S/C15H12O2/c16-13-10-15(11-6-2-1-3-7-11)17-14-9-5-4-8-12(13)14/h1-9,15H,10H2/t15-/m0/s1. The molecule has 0 saturated carbocycles. The molecule has 0 fully saturated rings. The van der Waals surface area contributed by atoms with Gasteiger partial charge in [0.1, 0.15) is 11.9 Å². The molecule has 2 heteroatoms. The molecule has 1 heterocycles. The van der Waals surface area contributed by atoms with Crippen LogP contribution in [-0.2, 0) is 0 Å². The number of hydrogen-bond acceptors (Lipinski definition) is 2. The maximum Gasteiger partial charge on any atom is 0.170 e. The van der Waals surface area contributed by atoms with Crippen molar-refractivity contribution < 1.29 is 9.53 Å².